The van der Waals surface area contributed by atoms with Gasteiger partial charge in [0.25, 0.3) is 0 Å². The number of methoxy groups -OCH3 is 1. The summed E-state index contributed by atoms with van der Waals surface area (Å²) < 4.78 is 5.72. The summed E-state index contributed by atoms with van der Waals surface area (Å²) in [4.78, 5) is 0. The Kier molecular flexibility index (Phi) is 3.69. The van der Waals surface area contributed by atoms with Gasteiger partial charge in [0.1, 0.15) is 5.75 Å². The predicted molar refractivity (Wildman–Crippen MR) is 68.4 cm³/mol. The van der Waals surface area contributed by atoms with Crippen LogP contribution in [-0.4, -0.2) is 30.9 Å². The average molecular weight is 235 g/mol. The van der Waals surface area contributed by atoms with Gasteiger partial charge in [-0.2, -0.15) is 0 Å². The van der Waals surface area contributed by atoms with Crippen LogP contribution in [0.15, 0.2) is 18.2 Å². The van der Waals surface area contributed by atoms with Gasteiger partial charge in [-0.3, -0.25) is 0 Å². The molecule has 0 spiro atoms. The third-order valence-electron chi connectivity index (χ3n) is 3.70. The second-order valence-corrected chi connectivity index (χ2v) is 4.95. The molecule has 3 nitrogen and oxygen atoms in total. The van der Waals surface area contributed by atoms with E-state index in [4.69, 9.17) is 4.74 Å². The normalized spacial score (nSPS) is 19.2. The first-order valence-electron chi connectivity index (χ1n) is 6.20. The van der Waals surface area contributed by atoms with Crippen molar-refractivity contribution in [1.29, 1.82) is 0 Å². The minimum absolute atomic E-state index is 0.113. The summed E-state index contributed by atoms with van der Waals surface area (Å²) in [5.74, 6) is 0.389. The van der Waals surface area contributed by atoms with Crippen molar-refractivity contribution in [1.82, 2.24) is 5.32 Å². The maximum absolute atomic E-state index is 9.96. The van der Waals surface area contributed by atoms with E-state index >= 15 is 0 Å². The highest BCUT2D eigenvalue weighted by Crippen LogP contribution is 2.30. The molecule has 0 bridgehead atoms. The number of hydrogen-bond acceptors (Lipinski definition) is 3. The highest BCUT2D eigenvalue weighted by molar-refractivity contribution is 5.37. The first-order chi connectivity index (χ1) is 8.15. The van der Waals surface area contributed by atoms with Crippen LogP contribution in [0.1, 0.15) is 24.0 Å². The molecule has 94 valence electrons. The van der Waals surface area contributed by atoms with Crippen LogP contribution in [0.2, 0.25) is 0 Å². The third-order valence-corrected chi connectivity index (χ3v) is 3.70. The molecule has 3 heteroatoms. The second kappa shape index (κ2) is 5.07. The molecule has 0 amide bonds. The Morgan fingerprint density at radius 3 is 2.65 bits per heavy atom. The van der Waals surface area contributed by atoms with Crippen LogP contribution in [0, 0.1) is 6.92 Å². The largest absolute Gasteiger partial charge is 0.508 e. The molecule has 1 fully saturated rings. The van der Waals surface area contributed by atoms with Gasteiger partial charge in [0.15, 0.2) is 0 Å². The minimum Gasteiger partial charge on any atom is -0.508 e. The van der Waals surface area contributed by atoms with Crippen LogP contribution < -0.4 is 5.32 Å². The number of rotatable bonds is 3. The summed E-state index contributed by atoms with van der Waals surface area (Å²) in [6.45, 7) is 3.96. The number of nitrogens with one attached hydrogen (secondary N) is 1. The zero-order valence-electron chi connectivity index (χ0n) is 10.6. The average Bonchev–Trinajstić information content (AvgIpc) is 2.34. The van der Waals surface area contributed by atoms with Crippen molar-refractivity contribution in [3.8, 4) is 5.75 Å². The van der Waals surface area contributed by atoms with E-state index in [2.05, 4.69) is 5.32 Å². The van der Waals surface area contributed by atoms with E-state index in [1.54, 1.807) is 7.11 Å². The van der Waals surface area contributed by atoms with Gasteiger partial charge in [-0.1, -0.05) is 12.1 Å². The van der Waals surface area contributed by atoms with E-state index in [0.29, 0.717) is 5.75 Å². The lowest BCUT2D eigenvalue weighted by Crippen LogP contribution is -2.44. The molecule has 0 radical (unpaired) electrons. The molecule has 1 aliphatic rings. The number of phenols is 1. The molecule has 0 aromatic heterocycles. The Bertz CT molecular complexity index is 384. The standard InChI is InChI=1S/C14H21NO2/c1-11-3-4-12(13(16)9-11)10-14(17-2)5-7-15-8-6-14/h3-4,9,15-16H,5-8,10H2,1-2H3. The lowest BCUT2D eigenvalue weighted by atomic mass is 9.85. The van der Waals surface area contributed by atoms with Crippen LogP contribution in [0.25, 0.3) is 0 Å². The number of hydrogen-bond donors (Lipinski definition) is 2. The summed E-state index contributed by atoms with van der Waals surface area (Å²) in [7, 11) is 1.77. The summed E-state index contributed by atoms with van der Waals surface area (Å²) in [5.41, 5.74) is 1.96. The number of phenolic OH excluding ortho intramolecular Hbond substituents is 1. The van der Waals surface area contributed by atoms with Gasteiger partial charge in [-0.05, 0) is 50.0 Å². The van der Waals surface area contributed by atoms with Gasteiger partial charge in [0, 0.05) is 13.5 Å². The molecule has 17 heavy (non-hydrogen) atoms. The lowest BCUT2D eigenvalue weighted by molar-refractivity contribution is -0.0337. The van der Waals surface area contributed by atoms with Crippen LogP contribution in [0.4, 0.5) is 0 Å². The van der Waals surface area contributed by atoms with E-state index in [9.17, 15) is 5.11 Å². The zero-order valence-corrected chi connectivity index (χ0v) is 10.6. The van der Waals surface area contributed by atoms with E-state index in [1.807, 2.05) is 25.1 Å². The monoisotopic (exact) mass is 235 g/mol. The van der Waals surface area contributed by atoms with E-state index in [1.165, 1.54) is 0 Å². The minimum atomic E-state index is -0.113. The number of aryl methyl sites for hydroxylation is 1. The fraction of sp³-hybridized carbons (Fsp3) is 0.571. The van der Waals surface area contributed by atoms with E-state index in [-0.39, 0.29) is 5.60 Å². The Morgan fingerprint density at radius 1 is 1.35 bits per heavy atom. The molecule has 1 aromatic rings. The van der Waals surface area contributed by atoms with Gasteiger partial charge >= 0.3 is 0 Å². The van der Waals surface area contributed by atoms with Crippen molar-refractivity contribution in [3.05, 3.63) is 29.3 Å². The second-order valence-electron chi connectivity index (χ2n) is 4.95. The molecule has 2 rings (SSSR count). The fourth-order valence-electron chi connectivity index (χ4n) is 2.51. The van der Waals surface area contributed by atoms with Crippen LogP contribution in [-0.2, 0) is 11.2 Å². The Morgan fingerprint density at radius 2 is 2.06 bits per heavy atom. The fourth-order valence-corrected chi connectivity index (χ4v) is 2.51. The molecular formula is C14H21NO2. The first kappa shape index (κ1) is 12.4. The van der Waals surface area contributed by atoms with E-state index in [0.717, 1.165) is 43.5 Å². The van der Waals surface area contributed by atoms with E-state index < -0.39 is 0 Å². The smallest absolute Gasteiger partial charge is 0.119 e. The third kappa shape index (κ3) is 2.79. The highest BCUT2D eigenvalue weighted by Gasteiger charge is 2.32. The SMILES string of the molecule is COC1(Cc2ccc(C)cc2O)CCNCC1. The molecule has 1 aromatic carbocycles. The lowest BCUT2D eigenvalue weighted by Gasteiger charge is -2.36. The van der Waals surface area contributed by atoms with Gasteiger partial charge < -0.3 is 15.2 Å². The van der Waals surface area contributed by atoms with Crippen LogP contribution in [0.3, 0.4) is 0 Å². The molecule has 0 saturated carbocycles. The highest BCUT2D eigenvalue weighted by atomic mass is 16.5. The number of piperidine rings is 1. The molecule has 2 N–H and O–H groups in total. The summed E-state index contributed by atoms with van der Waals surface area (Å²) in [6, 6.07) is 5.87. The summed E-state index contributed by atoms with van der Waals surface area (Å²) >= 11 is 0. The van der Waals surface area contributed by atoms with Crippen molar-refractivity contribution in [2.45, 2.75) is 31.8 Å². The topological polar surface area (TPSA) is 41.5 Å². The number of ether oxygens (including phenoxy) is 1. The van der Waals surface area contributed by atoms with Crippen molar-refractivity contribution in [2.24, 2.45) is 0 Å². The quantitative estimate of drug-likeness (QED) is 0.842. The summed E-state index contributed by atoms with van der Waals surface area (Å²) in [5, 5.41) is 13.3. The molecule has 1 saturated heterocycles. The molecule has 0 unspecified atom stereocenters. The van der Waals surface area contributed by atoms with Crippen molar-refractivity contribution in [3.63, 3.8) is 0 Å². The molecule has 0 atom stereocenters. The molecule has 0 aliphatic carbocycles. The van der Waals surface area contributed by atoms with Crippen molar-refractivity contribution >= 4 is 0 Å². The van der Waals surface area contributed by atoms with Gasteiger partial charge in [-0.15, -0.1) is 0 Å². The van der Waals surface area contributed by atoms with Crippen molar-refractivity contribution < 1.29 is 9.84 Å². The van der Waals surface area contributed by atoms with Gasteiger partial charge in [0.2, 0.25) is 0 Å². The number of benzene rings is 1. The van der Waals surface area contributed by atoms with Gasteiger partial charge in [0.05, 0.1) is 5.60 Å². The Labute approximate surface area is 103 Å². The number of aromatic hydroxyl groups is 1. The molecule has 1 heterocycles. The zero-order chi connectivity index (χ0) is 12.3. The van der Waals surface area contributed by atoms with Crippen LogP contribution >= 0.6 is 0 Å². The Hall–Kier alpha value is -1.06. The first-order valence-corrected chi connectivity index (χ1v) is 6.20. The maximum Gasteiger partial charge on any atom is 0.119 e. The van der Waals surface area contributed by atoms with Crippen molar-refractivity contribution in [2.75, 3.05) is 20.2 Å². The molecular weight excluding hydrogens is 214 g/mol. The molecule has 1 aliphatic heterocycles. The maximum atomic E-state index is 9.96. The summed E-state index contributed by atoms with van der Waals surface area (Å²) in [6.07, 6.45) is 2.78. The predicted octanol–water partition coefficient (Wildman–Crippen LogP) is 2.01. The van der Waals surface area contributed by atoms with Crippen LogP contribution in [0.5, 0.6) is 5.75 Å². The van der Waals surface area contributed by atoms with Gasteiger partial charge in [-0.25, -0.2) is 0 Å². The Balaban J connectivity index is 2.17.